The van der Waals surface area contributed by atoms with Crippen molar-refractivity contribution in [1.29, 1.82) is 0 Å². The first kappa shape index (κ1) is 17.2. The van der Waals surface area contributed by atoms with Crippen molar-refractivity contribution in [3.05, 3.63) is 0 Å². The number of hydrogen-bond acceptors (Lipinski definition) is 3. The average Bonchev–Trinajstić information content (AvgIpc) is 2.47. The summed E-state index contributed by atoms with van der Waals surface area (Å²) in [6.07, 6.45) is 8.15. The van der Waals surface area contributed by atoms with Crippen LogP contribution in [0.4, 0.5) is 0 Å². The molecule has 0 radical (unpaired) electrons. The number of hydrogen-bond donors (Lipinski definition) is 3. The van der Waals surface area contributed by atoms with Gasteiger partial charge >= 0.3 is 0 Å². The van der Waals surface area contributed by atoms with Gasteiger partial charge in [-0.15, -0.1) is 0 Å². The van der Waals surface area contributed by atoms with Crippen molar-refractivity contribution < 1.29 is 14.4 Å². The molecule has 4 N–H and O–H groups in total. The van der Waals surface area contributed by atoms with Crippen molar-refractivity contribution in [1.82, 2.24) is 10.6 Å². The van der Waals surface area contributed by atoms with Gasteiger partial charge in [0, 0.05) is 19.9 Å². The molecular formula is C18H29N3O3. The molecule has 0 heterocycles. The topological polar surface area (TPSA) is 101 Å². The number of nitrogens with one attached hydrogen (secondary N) is 2. The first-order valence-corrected chi connectivity index (χ1v) is 9.18. The van der Waals surface area contributed by atoms with Crippen LogP contribution in [0, 0.1) is 23.2 Å². The van der Waals surface area contributed by atoms with E-state index in [9.17, 15) is 14.4 Å². The molecule has 1 atom stereocenters. The van der Waals surface area contributed by atoms with Crippen LogP contribution in [0.5, 0.6) is 0 Å². The smallest absolute Gasteiger partial charge is 0.242 e. The lowest BCUT2D eigenvalue weighted by Gasteiger charge is -2.57. The summed E-state index contributed by atoms with van der Waals surface area (Å²) in [5, 5.41) is 5.70. The van der Waals surface area contributed by atoms with Crippen molar-refractivity contribution in [3.63, 3.8) is 0 Å². The summed E-state index contributed by atoms with van der Waals surface area (Å²) in [7, 11) is 0. The highest BCUT2D eigenvalue weighted by atomic mass is 16.2. The summed E-state index contributed by atoms with van der Waals surface area (Å²) in [4.78, 5) is 34.8. The van der Waals surface area contributed by atoms with Crippen LogP contribution >= 0.6 is 0 Å². The van der Waals surface area contributed by atoms with E-state index in [4.69, 9.17) is 5.73 Å². The van der Waals surface area contributed by atoms with Gasteiger partial charge in [-0.1, -0.05) is 0 Å². The molecule has 3 amide bonds. The standard InChI is InChI=1S/C18H29N3O3/c1-11(22)21-15(2-3-16(19)23)17(24)20-10-18-7-12-4-13(8-18)6-14(5-12)9-18/h12-15H,2-10H2,1H3,(H2,19,23)(H,20,24)(H,21,22). The van der Waals surface area contributed by atoms with E-state index < -0.39 is 11.9 Å². The van der Waals surface area contributed by atoms with Crippen molar-refractivity contribution in [2.45, 2.75) is 64.3 Å². The predicted octanol–water partition coefficient (Wildman–Crippen LogP) is 1.09. The van der Waals surface area contributed by atoms with Crippen molar-refractivity contribution in [3.8, 4) is 0 Å². The molecule has 1 unspecified atom stereocenters. The maximum absolute atomic E-state index is 12.5. The SMILES string of the molecule is CC(=O)NC(CCC(N)=O)C(=O)NCC12CC3CC(CC(C3)C1)C2. The van der Waals surface area contributed by atoms with Crippen LogP contribution in [-0.2, 0) is 14.4 Å². The zero-order valence-corrected chi connectivity index (χ0v) is 14.5. The normalized spacial score (nSPS) is 34.6. The van der Waals surface area contributed by atoms with Crippen LogP contribution in [0.1, 0.15) is 58.3 Å². The van der Waals surface area contributed by atoms with E-state index in [0.29, 0.717) is 6.54 Å². The first-order chi connectivity index (χ1) is 11.3. The highest BCUT2D eigenvalue weighted by Gasteiger charge is 2.50. The monoisotopic (exact) mass is 335 g/mol. The molecule has 0 aromatic rings. The fourth-order valence-electron chi connectivity index (χ4n) is 5.71. The third-order valence-electron chi connectivity index (χ3n) is 6.18. The van der Waals surface area contributed by atoms with Crippen molar-refractivity contribution in [2.24, 2.45) is 28.9 Å². The number of nitrogens with two attached hydrogens (primary N) is 1. The molecule has 4 saturated carbocycles. The Morgan fingerprint density at radius 3 is 2.08 bits per heavy atom. The minimum atomic E-state index is -0.677. The Labute approximate surface area is 143 Å². The van der Waals surface area contributed by atoms with E-state index in [0.717, 1.165) is 17.8 Å². The zero-order valence-electron chi connectivity index (χ0n) is 14.5. The molecule has 6 heteroatoms. The van der Waals surface area contributed by atoms with Crippen LogP contribution in [0.15, 0.2) is 0 Å². The number of carbonyl (C=O) groups excluding carboxylic acids is 3. The molecule has 6 nitrogen and oxygen atoms in total. The molecule has 0 saturated heterocycles. The molecule has 4 bridgehead atoms. The van der Waals surface area contributed by atoms with Gasteiger partial charge in [-0.25, -0.2) is 0 Å². The fraction of sp³-hybridized carbons (Fsp3) is 0.833. The highest BCUT2D eigenvalue weighted by Crippen LogP contribution is 2.59. The predicted molar refractivity (Wildman–Crippen MR) is 89.6 cm³/mol. The molecule has 0 aliphatic heterocycles. The van der Waals surface area contributed by atoms with Gasteiger partial charge in [0.2, 0.25) is 17.7 Å². The maximum Gasteiger partial charge on any atom is 0.242 e. The summed E-state index contributed by atoms with van der Waals surface area (Å²) in [6.45, 7) is 2.08. The van der Waals surface area contributed by atoms with Gasteiger partial charge in [-0.2, -0.15) is 0 Å². The van der Waals surface area contributed by atoms with Crippen LogP contribution < -0.4 is 16.4 Å². The molecule has 0 aromatic carbocycles. The minimum Gasteiger partial charge on any atom is -0.370 e. The van der Waals surface area contributed by atoms with Crippen molar-refractivity contribution >= 4 is 17.7 Å². The molecular weight excluding hydrogens is 306 g/mol. The van der Waals surface area contributed by atoms with Gasteiger partial charge in [0.05, 0.1) is 0 Å². The van der Waals surface area contributed by atoms with E-state index in [1.54, 1.807) is 0 Å². The quantitative estimate of drug-likeness (QED) is 0.649. The molecule has 4 fully saturated rings. The molecule has 0 aromatic heterocycles. The summed E-state index contributed by atoms with van der Waals surface area (Å²) in [6, 6.07) is -0.677. The molecule has 4 rings (SSSR count). The Balaban J connectivity index is 1.56. The fourth-order valence-corrected chi connectivity index (χ4v) is 5.71. The van der Waals surface area contributed by atoms with Gasteiger partial charge in [0.25, 0.3) is 0 Å². The molecule has 4 aliphatic carbocycles. The Morgan fingerprint density at radius 2 is 1.62 bits per heavy atom. The maximum atomic E-state index is 12.5. The van der Waals surface area contributed by atoms with Crippen LogP contribution in [0.3, 0.4) is 0 Å². The molecule has 24 heavy (non-hydrogen) atoms. The Morgan fingerprint density at radius 1 is 1.08 bits per heavy atom. The number of primary amides is 1. The second-order valence-electron chi connectivity index (χ2n) is 8.39. The summed E-state index contributed by atoms with van der Waals surface area (Å²) < 4.78 is 0. The summed E-state index contributed by atoms with van der Waals surface area (Å²) in [5.41, 5.74) is 5.42. The van der Waals surface area contributed by atoms with Gasteiger partial charge in [-0.3, -0.25) is 14.4 Å². The highest BCUT2D eigenvalue weighted by molar-refractivity contribution is 5.87. The van der Waals surface area contributed by atoms with E-state index in [1.165, 1.54) is 45.4 Å². The minimum absolute atomic E-state index is 0.0930. The summed E-state index contributed by atoms with van der Waals surface area (Å²) in [5.74, 6) is 1.60. The molecule has 134 valence electrons. The van der Waals surface area contributed by atoms with Gasteiger partial charge < -0.3 is 16.4 Å². The second-order valence-corrected chi connectivity index (χ2v) is 8.39. The van der Waals surface area contributed by atoms with Gasteiger partial charge in [0.15, 0.2) is 0 Å². The number of carbonyl (C=O) groups is 3. The van der Waals surface area contributed by atoms with E-state index >= 15 is 0 Å². The van der Waals surface area contributed by atoms with Crippen LogP contribution in [0.2, 0.25) is 0 Å². The van der Waals surface area contributed by atoms with E-state index in [-0.39, 0.29) is 30.1 Å². The largest absolute Gasteiger partial charge is 0.370 e. The summed E-state index contributed by atoms with van der Waals surface area (Å²) >= 11 is 0. The Hall–Kier alpha value is -1.59. The second kappa shape index (κ2) is 6.73. The molecule has 0 spiro atoms. The van der Waals surface area contributed by atoms with Crippen LogP contribution in [0.25, 0.3) is 0 Å². The van der Waals surface area contributed by atoms with Crippen molar-refractivity contribution in [2.75, 3.05) is 6.54 Å². The zero-order chi connectivity index (χ0) is 17.3. The van der Waals surface area contributed by atoms with E-state index in [1.807, 2.05) is 0 Å². The third kappa shape index (κ3) is 3.90. The Kier molecular flexibility index (Phi) is 4.83. The number of amides is 3. The van der Waals surface area contributed by atoms with Gasteiger partial charge in [-0.05, 0) is 68.1 Å². The van der Waals surface area contributed by atoms with E-state index in [2.05, 4.69) is 10.6 Å². The lowest BCUT2D eigenvalue weighted by molar-refractivity contribution is -0.130. The first-order valence-electron chi connectivity index (χ1n) is 9.18. The average molecular weight is 335 g/mol. The molecule has 4 aliphatic rings. The van der Waals surface area contributed by atoms with Crippen LogP contribution in [-0.4, -0.2) is 30.3 Å². The lowest BCUT2D eigenvalue weighted by atomic mass is 9.49. The third-order valence-corrected chi connectivity index (χ3v) is 6.18. The Bertz CT molecular complexity index is 496. The van der Waals surface area contributed by atoms with Gasteiger partial charge in [0.1, 0.15) is 6.04 Å². The lowest BCUT2D eigenvalue weighted by Crippen LogP contribution is -2.54. The number of rotatable bonds is 7.